The molecule has 4 heteroatoms. The highest BCUT2D eigenvalue weighted by Crippen LogP contribution is 1.91. The molecule has 1 N–H and O–H groups in total. The maximum absolute atomic E-state index is 8.89. The second-order valence-corrected chi connectivity index (χ2v) is 2.77. The summed E-state index contributed by atoms with van der Waals surface area (Å²) in [6, 6.07) is 0. The minimum atomic E-state index is -1.08. The lowest BCUT2D eigenvalue weighted by atomic mass is 10.4. The normalized spacial score (nSPS) is 8.92. The molecule has 74 valence electrons. The van der Waals surface area contributed by atoms with E-state index in [9.17, 15) is 0 Å². The van der Waals surface area contributed by atoms with E-state index in [1.54, 1.807) is 0 Å². The third-order valence-corrected chi connectivity index (χ3v) is 1.74. The molecule has 0 aliphatic heterocycles. The summed E-state index contributed by atoms with van der Waals surface area (Å²) in [5, 5.41) is 8.89. The highest BCUT2D eigenvalue weighted by Gasteiger charge is 2.05. The van der Waals surface area contributed by atoms with Crippen molar-refractivity contribution in [2.24, 2.45) is 7.05 Å². The number of carboxylic acid groups (broad SMARTS) is 1. The van der Waals surface area contributed by atoms with Crippen LogP contribution in [-0.4, -0.2) is 11.0 Å². The molecule has 4 nitrogen and oxygen atoms in total. The van der Waals surface area contributed by atoms with Crippen LogP contribution in [0.15, 0.2) is 6.20 Å². The second kappa shape index (κ2) is 5.35. The van der Waals surface area contributed by atoms with Crippen LogP contribution in [0.3, 0.4) is 0 Å². The van der Waals surface area contributed by atoms with Crippen LogP contribution in [0.25, 0.3) is 0 Å². The molecule has 13 heavy (non-hydrogen) atoms. The first-order chi connectivity index (χ1) is 5.99. The molecule has 0 radical (unpaired) electrons. The highest BCUT2D eigenvalue weighted by atomic mass is 16.4. The lowest BCUT2D eigenvalue weighted by Crippen LogP contribution is -2.33. The van der Waals surface area contributed by atoms with Crippen molar-refractivity contribution >= 4 is 5.97 Å². The first kappa shape index (κ1) is 11.7. The van der Waals surface area contributed by atoms with Gasteiger partial charge in [-0.3, -0.25) is 0 Å². The van der Waals surface area contributed by atoms with Gasteiger partial charge in [0.25, 0.3) is 5.82 Å². The fourth-order valence-electron chi connectivity index (χ4n) is 0.936. The number of nitrogens with zero attached hydrogens (tertiary/aromatic N) is 1. The monoisotopic (exact) mass is 184 g/mol. The lowest BCUT2D eigenvalue weighted by Gasteiger charge is -1.88. The molecule has 1 rings (SSSR count). The van der Waals surface area contributed by atoms with Gasteiger partial charge in [0.1, 0.15) is 11.9 Å². The first-order valence-corrected chi connectivity index (χ1v) is 4.19. The number of hydrogen-bond acceptors (Lipinski definition) is 2. The summed E-state index contributed by atoms with van der Waals surface area (Å²) in [6.07, 6.45) is 3.15. The standard InChI is InChI=1S/C7H12N2.C2H4O2/c1-4-7-5-8-6(2)9(7)3;1-2(3)4/h5H,4H2,1-3H3;1H3,(H,3,4). The van der Waals surface area contributed by atoms with E-state index < -0.39 is 5.97 Å². The Morgan fingerprint density at radius 2 is 2.15 bits per heavy atom. The van der Waals surface area contributed by atoms with E-state index in [0.717, 1.165) is 13.3 Å². The Bertz CT molecular complexity index is 275. The van der Waals surface area contributed by atoms with Gasteiger partial charge in [0, 0.05) is 19.3 Å². The van der Waals surface area contributed by atoms with Crippen LogP contribution < -0.4 is 9.67 Å². The molecule has 0 atom stereocenters. The van der Waals surface area contributed by atoms with Crippen LogP contribution in [0.5, 0.6) is 0 Å². The Kier molecular flexibility index (Phi) is 4.80. The number of hydrogen-bond donors (Lipinski definition) is 1. The Morgan fingerprint density at radius 1 is 1.69 bits per heavy atom. The summed E-state index contributed by atoms with van der Waals surface area (Å²) >= 11 is 0. The molecule has 0 aromatic carbocycles. The van der Waals surface area contributed by atoms with Crippen molar-refractivity contribution in [1.82, 2.24) is 4.98 Å². The number of nitrogens with one attached hydrogen (secondary N) is 1. The van der Waals surface area contributed by atoms with Crippen molar-refractivity contribution in [3.8, 4) is 0 Å². The van der Waals surface area contributed by atoms with E-state index >= 15 is 0 Å². The van der Waals surface area contributed by atoms with Crippen molar-refractivity contribution in [2.75, 3.05) is 0 Å². The summed E-state index contributed by atoms with van der Waals surface area (Å²) < 4.78 is 2.17. The summed E-state index contributed by atoms with van der Waals surface area (Å²) in [6.45, 7) is 5.20. The van der Waals surface area contributed by atoms with E-state index in [-0.39, 0.29) is 0 Å². The van der Waals surface area contributed by atoms with Gasteiger partial charge in [-0.25, -0.2) is 9.55 Å². The van der Waals surface area contributed by atoms with Gasteiger partial charge in [0.05, 0.1) is 7.05 Å². The first-order valence-electron chi connectivity index (χ1n) is 4.19. The van der Waals surface area contributed by atoms with Crippen LogP contribution in [0.2, 0.25) is 0 Å². The van der Waals surface area contributed by atoms with Crippen molar-refractivity contribution in [3.05, 3.63) is 17.7 Å². The quantitative estimate of drug-likeness (QED) is 0.596. The zero-order chi connectivity index (χ0) is 10.4. The number of carboxylic acids is 1. The molecular formula is C9H16N2O2. The molecule has 0 spiro atoms. The second-order valence-electron chi connectivity index (χ2n) is 2.77. The van der Waals surface area contributed by atoms with Gasteiger partial charge in [0.2, 0.25) is 0 Å². The number of H-pyrrole nitrogens is 1. The van der Waals surface area contributed by atoms with E-state index in [0.29, 0.717) is 0 Å². The number of aromatic nitrogens is 2. The smallest absolute Gasteiger partial charge is 0.251 e. The van der Waals surface area contributed by atoms with E-state index in [1.807, 2.05) is 0 Å². The van der Waals surface area contributed by atoms with E-state index in [1.165, 1.54) is 11.5 Å². The van der Waals surface area contributed by atoms with Gasteiger partial charge >= 0.3 is 0 Å². The summed E-state index contributed by atoms with van der Waals surface area (Å²) in [5.41, 5.74) is 1.35. The summed E-state index contributed by atoms with van der Waals surface area (Å²) in [4.78, 5) is 12.0. The topological polar surface area (TPSA) is 59.8 Å². The maximum atomic E-state index is 8.89. The van der Waals surface area contributed by atoms with E-state index in [2.05, 4.69) is 36.6 Å². The minimum Gasteiger partial charge on any atom is -0.550 e. The molecule has 0 bridgehead atoms. The van der Waals surface area contributed by atoms with Crippen molar-refractivity contribution in [1.29, 1.82) is 0 Å². The minimum absolute atomic E-state index is 0.972. The molecule has 0 aliphatic rings. The van der Waals surface area contributed by atoms with Crippen LogP contribution in [0.1, 0.15) is 25.4 Å². The third-order valence-electron chi connectivity index (χ3n) is 1.74. The number of aromatic amines is 1. The Labute approximate surface area is 78.2 Å². The van der Waals surface area contributed by atoms with Gasteiger partial charge in [0.15, 0.2) is 0 Å². The average Bonchev–Trinajstić information content (AvgIpc) is 2.32. The zero-order valence-electron chi connectivity index (χ0n) is 8.55. The average molecular weight is 184 g/mol. The van der Waals surface area contributed by atoms with Crippen LogP contribution in [-0.2, 0) is 18.3 Å². The number of carbonyl (C=O) groups excluding carboxylic acids is 1. The largest absolute Gasteiger partial charge is 0.550 e. The van der Waals surface area contributed by atoms with Crippen LogP contribution >= 0.6 is 0 Å². The number of aryl methyl sites for hydroxylation is 2. The molecule has 1 aromatic rings. The Balaban J connectivity index is 0.000000310. The fraction of sp³-hybridized carbons (Fsp3) is 0.556. The predicted octanol–water partition coefficient (Wildman–Crippen LogP) is -0.534. The summed E-state index contributed by atoms with van der Waals surface area (Å²) in [7, 11) is 2.07. The number of aliphatic carboxylic acids is 1. The Hall–Kier alpha value is -1.32. The van der Waals surface area contributed by atoms with Crippen LogP contribution in [0.4, 0.5) is 0 Å². The van der Waals surface area contributed by atoms with E-state index in [4.69, 9.17) is 9.90 Å². The zero-order valence-corrected chi connectivity index (χ0v) is 8.55. The molecule has 1 aromatic heterocycles. The molecule has 0 saturated carbocycles. The van der Waals surface area contributed by atoms with Crippen molar-refractivity contribution in [3.63, 3.8) is 0 Å². The maximum Gasteiger partial charge on any atom is 0.251 e. The lowest BCUT2D eigenvalue weighted by molar-refractivity contribution is -0.683. The number of carbonyl (C=O) groups is 1. The van der Waals surface area contributed by atoms with Gasteiger partial charge in [-0.2, -0.15) is 0 Å². The third kappa shape index (κ3) is 4.30. The predicted molar refractivity (Wildman–Crippen MR) is 46.8 cm³/mol. The highest BCUT2D eigenvalue weighted by molar-refractivity contribution is 5.60. The molecule has 0 amide bonds. The fourth-order valence-corrected chi connectivity index (χ4v) is 0.936. The van der Waals surface area contributed by atoms with Gasteiger partial charge in [-0.05, 0) is 6.92 Å². The molecule has 1 heterocycles. The van der Waals surface area contributed by atoms with Gasteiger partial charge in [-0.1, -0.05) is 6.92 Å². The number of rotatable bonds is 1. The molecule has 0 unspecified atom stereocenters. The molecule has 0 fully saturated rings. The van der Waals surface area contributed by atoms with Crippen molar-refractivity contribution < 1.29 is 14.5 Å². The Morgan fingerprint density at radius 3 is 2.31 bits per heavy atom. The molecular weight excluding hydrogens is 168 g/mol. The summed E-state index contributed by atoms with van der Waals surface area (Å²) in [5.74, 6) is 0.131. The molecule has 0 aliphatic carbocycles. The van der Waals surface area contributed by atoms with Crippen LogP contribution in [0, 0.1) is 6.92 Å². The van der Waals surface area contributed by atoms with Gasteiger partial charge < -0.3 is 9.90 Å². The van der Waals surface area contributed by atoms with Gasteiger partial charge in [-0.15, -0.1) is 0 Å². The molecule has 0 saturated heterocycles. The number of imidazole rings is 1. The SMILES string of the molecule is CC(=O)[O-].CCc1c[nH]c(C)[n+]1C. The van der Waals surface area contributed by atoms with Crippen molar-refractivity contribution in [2.45, 2.75) is 27.2 Å².